The zero-order valence-electron chi connectivity index (χ0n) is 13.1. The van der Waals surface area contributed by atoms with Crippen LogP contribution in [-0.2, 0) is 0 Å². The number of piperidine rings is 1. The van der Waals surface area contributed by atoms with Gasteiger partial charge in [-0.05, 0) is 43.0 Å². The van der Waals surface area contributed by atoms with Crippen LogP contribution in [0.15, 0.2) is 42.6 Å². The predicted molar refractivity (Wildman–Crippen MR) is 93.3 cm³/mol. The molecular weight excluding hydrogens is 310 g/mol. The Morgan fingerprint density at radius 2 is 2.13 bits per heavy atom. The fourth-order valence-corrected chi connectivity index (χ4v) is 3.03. The molecule has 1 saturated heterocycles. The number of anilines is 2. The van der Waals surface area contributed by atoms with E-state index in [9.17, 15) is 4.79 Å². The lowest BCUT2D eigenvalue weighted by molar-refractivity contribution is 0.0677. The molecule has 1 aliphatic heterocycles. The highest BCUT2D eigenvalue weighted by molar-refractivity contribution is 6.33. The van der Waals surface area contributed by atoms with Crippen molar-refractivity contribution in [2.75, 3.05) is 18.4 Å². The SMILES string of the molecule is CC1CCCN(C(=O)c2ccc(Nc3ccccc3Cl)cn2)C1. The minimum Gasteiger partial charge on any atom is -0.353 e. The van der Waals surface area contributed by atoms with Crippen molar-refractivity contribution in [2.45, 2.75) is 19.8 Å². The molecule has 0 bridgehead atoms. The van der Waals surface area contributed by atoms with Crippen LogP contribution in [0.5, 0.6) is 0 Å². The molecule has 2 heterocycles. The summed E-state index contributed by atoms with van der Waals surface area (Å²) in [7, 11) is 0. The standard InChI is InChI=1S/C18H20ClN3O/c1-13-5-4-10-22(12-13)18(23)17-9-8-14(11-20-17)21-16-7-3-2-6-15(16)19/h2-3,6-9,11,13,21H,4-5,10,12H2,1H3. The van der Waals surface area contributed by atoms with Crippen LogP contribution < -0.4 is 5.32 Å². The molecule has 1 N–H and O–H groups in total. The van der Waals surface area contributed by atoms with E-state index in [1.54, 1.807) is 12.3 Å². The molecule has 0 saturated carbocycles. The summed E-state index contributed by atoms with van der Waals surface area (Å²) >= 11 is 6.13. The fourth-order valence-electron chi connectivity index (χ4n) is 2.85. The minimum absolute atomic E-state index is 0.0147. The third-order valence-corrected chi connectivity index (χ3v) is 4.41. The number of amides is 1. The van der Waals surface area contributed by atoms with Crippen molar-refractivity contribution < 1.29 is 4.79 Å². The number of para-hydroxylation sites is 1. The molecule has 3 rings (SSSR count). The van der Waals surface area contributed by atoms with E-state index in [0.717, 1.165) is 30.9 Å². The van der Waals surface area contributed by atoms with Gasteiger partial charge in [0, 0.05) is 13.1 Å². The lowest BCUT2D eigenvalue weighted by atomic mass is 10.00. The van der Waals surface area contributed by atoms with Gasteiger partial charge in [-0.3, -0.25) is 4.79 Å². The Kier molecular flexibility index (Phi) is 4.82. The number of hydrogen-bond acceptors (Lipinski definition) is 3. The van der Waals surface area contributed by atoms with Gasteiger partial charge in [0.1, 0.15) is 5.69 Å². The van der Waals surface area contributed by atoms with Gasteiger partial charge in [-0.2, -0.15) is 0 Å². The molecule has 1 atom stereocenters. The van der Waals surface area contributed by atoms with Crippen molar-refractivity contribution in [2.24, 2.45) is 5.92 Å². The Labute approximate surface area is 141 Å². The molecule has 23 heavy (non-hydrogen) atoms. The highest BCUT2D eigenvalue weighted by atomic mass is 35.5. The second-order valence-electron chi connectivity index (χ2n) is 6.04. The summed E-state index contributed by atoms with van der Waals surface area (Å²) in [4.78, 5) is 18.7. The molecule has 1 aromatic heterocycles. The van der Waals surface area contributed by atoms with Gasteiger partial charge in [0.2, 0.25) is 0 Å². The van der Waals surface area contributed by atoms with Gasteiger partial charge < -0.3 is 10.2 Å². The average Bonchev–Trinajstić information content (AvgIpc) is 2.57. The highest BCUT2D eigenvalue weighted by Gasteiger charge is 2.22. The zero-order valence-corrected chi connectivity index (χ0v) is 13.9. The summed E-state index contributed by atoms with van der Waals surface area (Å²) in [6, 6.07) is 11.1. The summed E-state index contributed by atoms with van der Waals surface area (Å²) in [5.74, 6) is 0.578. The van der Waals surface area contributed by atoms with E-state index < -0.39 is 0 Å². The van der Waals surface area contributed by atoms with Gasteiger partial charge in [0.05, 0.1) is 22.6 Å². The lowest BCUT2D eigenvalue weighted by Gasteiger charge is -2.30. The molecule has 120 valence electrons. The van der Waals surface area contributed by atoms with E-state index in [4.69, 9.17) is 11.6 Å². The molecule has 1 aromatic carbocycles. The first-order valence-electron chi connectivity index (χ1n) is 7.90. The first-order chi connectivity index (χ1) is 11.1. The summed E-state index contributed by atoms with van der Waals surface area (Å²) in [5.41, 5.74) is 2.12. The number of benzene rings is 1. The molecule has 0 spiro atoms. The number of pyridine rings is 1. The maximum Gasteiger partial charge on any atom is 0.272 e. The molecular formula is C18H20ClN3O. The smallest absolute Gasteiger partial charge is 0.272 e. The number of carbonyl (C=O) groups excluding carboxylic acids is 1. The van der Waals surface area contributed by atoms with E-state index in [-0.39, 0.29) is 5.91 Å². The fraction of sp³-hybridized carbons (Fsp3) is 0.333. The topological polar surface area (TPSA) is 45.2 Å². The first kappa shape index (κ1) is 15.8. The minimum atomic E-state index is 0.0147. The summed E-state index contributed by atoms with van der Waals surface area (Å²) in [6.07, 6.45) is 3.93. The monoisotopic (exact) mass is 329 g/mol. The normalized spacial score (nSPS) is 17.8. The number of rotatable bonds is 3. The van der Waals surface area contributed by atoms with E-state index in [1.165, 1.54) is 6.42 Å². The van der Waals surface area contributed by atoms with Crippen molar-refractivity contribution in [3.8, 4) is 0 Å². The number of likely N-dealkylation sites (tertiary alicyclic amines) is 1. The molecule has 1 amide bonds. The van der Waals surface area contributed by atoms with Crippen LogP contribution in [0.1, 0.15) is 30.3 Å². The summed E-state index contributed by atoms with van der Waals surface area (Å²) in [6.45, 7) is 3.83. The number of aromatic nitrogens is 1. The Morgan fingerprint density at radius 3 is 2.83 bits per heavy atom. The van der Waals surface area contributed by atoms with E-state index >= 15 is 0 Å². The van der Waals surface area contributed by atoms with Gasteiger partial charge in [0.15, 0.2) is 0 Å². The van der Waals surface area contributed by atoms with Gasteiger partial charge in [0.25, 0.3) is 5.91 Å². The van der Waals surface area contributed by atoms with Crippen molar-refractivity contribution in [1.82, 2.24) is 9.88 Å². The van der Waals surface area contributed by atoms with Crippen molar-refractivity contribution >= 4 is 28.9 Å². The number of halogens is 1. The largest absolute Gasteiger partial charge is 0.353 e. The molecule has 1 unspecified atom stereocenters. The molecule has 1 fully saturated rings. The Balaban J connectivity index is 1.69. The van der Waals surface area contributed by atoms with Crippen LogP contribution >= 0.6 is 11.6 Å². The van der Waals surface area contributed by atoms with Crippen LogP contribution in [0, 0.1) is 5.92 Å². The van der Waals surface area contributed by atoms with Gasteiger partial charge in [-0.15, -0.1) is 0 Å². The summed E-state index contributed by atoms with van der Waals surface area (Å²) in [5, 5.41) is 3.85. The Morgan fingerprint density at radius 1 is 1.30 bits per heavy atom. The van der Waals surface area contributed by atoms with E-state index in [2.05, 4.69) is 17.2 Å². The average molecular weight is 330 g/mol. The molecule has 1 aliphatic rings. The first-order valence-corrected chi connectivity index (χ1v) is 8.28. The number of hydrogen-bond donors (Lipinski definition) is 1. The number of nitrogens with one attached hydrogen (secondary N) is 1. The third-order valence-electron chi connectivity index (χ3n) is 4.08. The van der Waals surface area contributed by atoms with Crippen LogP contribution in [0.2, 0.25) is 5.02 Å². The van der Waals surface area contributed by atoms with Crippen LogP contribution in [-0.4, -0.2) is 28.9 Å². The second-order valence-corrected chi connectivity index (χ2v) is 6.44. The quantitative estimate of drug-likeness (QED) is 0.910. The zero-order chi connectivity index (χ0) is 16.2. The predicted octanol–water partition coefficient (Wildman–Crippen LogP) is 4.35. The maximum atomic E-state index is 12.5. The van der Waals surface area contributed by atoms with Gasteiger partial charge in [-0.25, -0.2) is 4.98 Å². The molecule has 0 radical (unpaired) electrons. The Bertz CT molecular complexity index is 687. The number of nitrogens with zero attached hydrogens (tertiary/aromatic N) is 2. The van der Waals surface area contributed by atoms with Gasteiger partial charge >= 0.3 is 0 Å². The lowest BCUT2D eigenvalue weighted by Crippen LogP contribution is -2.39. The van der Waals surface area contributed by atoms with Crippen molar-refractivity contribution in [1.29, 1.82) is 0 Å². The van der Waals surface area contributed by atoms with Crippen molar-refractivity contribution in [3.05, 3.63) is 53.3 Å². The molecule has 4 nitrogen and oxygen atoms in total. The summed E-state index contributed by atoms with van der Waals surface area (Å²) < 4.78 is 0. The highest BCUT2D eigenvalue weighted by Crippen LogP contribution is 2.24. The van der Waals surface area contributed by atoms with E-state index in [0.29, 0.717) is 16.6 Å². The molecule has 2 aromatic rings. The van der Waals surface area contributed by atoms with Gasteiger partial charge in [-0.1, -0.05) is 30.7 Å². The van der Waals surface area contributed by atoms with Crippen LogP contribution in [0.25, 0.3) is 0 Å². The third kappa shape index (κ3) is 3.82. The Hall–Kier alpha value is -2.07. The number of carbonyl (C=O) groups is 1. The van der Waals surface area contributed by atoms with Crippen molar-refractivity contribution in [3.63, 3.8) is 0 Å². The van der Waals surface area contributed by atoms with E-state index in [1.807, 2.05) is 35.2 Å². The van der Waals surface area contributed by atoms with Crippen LogP contribution in [0.4, 0.5) is 11.4 Å². The van der Waals surface area contributed by atoms with Crippen LogP contribution in [0.3, 0.4) is 0 Å². The molecule has 0 aliphatic carbocycles. The maximum absolute atomic E-state index is 12.5. The molecule has 5 heteroatoms. The second kappa shape index (κ2) is 7.01.